The van der Waals surface area contributed by atoms with Crippen molar-refractivity contribution in [2.75, 3.05) is 25.9 Å². The molecular weight excluding hydrogens is 393 g/mol. The largest absolute Gasteiger partial charge is 0.399 e. The van der Waals surface area contributed by atoms with E-state index in [0.29, 0.717) is 23.1 Å². The summed E-state index contributed by atoms with van der Waals surface area (Å²) in [5, 5.41) is 0. The van der Waals surface area contributed by atoms with E-state index in [4.69, 9.17) is 5.73 Å². The number of likely N-dealkylation sites (tertiary alicyclic amines) is 1. The second kappa shape index (κ2) is 10.7. The number of carbonyl (C=O) groups excluding carboxylic acids is 1. The summed E-state index contributed by atoms with van der Waals surface area (Å²) in [5.74, 6) is 0.882. The Kier molecular flexibility index (Phi) is 9.28. The number of rotatable bonds is 4. The van der Waals surface area contributed by atoms with Gasteiger partial charge in [-0.3, -0.25) is 9.69 Å². The van der Waals surface area contributed by atoms with E-state index in [-0.39, 0.29) is 36.8 Å². The van der Waals surface area contributed by atoms with Gasteiger partial charge in [0.15, 0.2) is 0 Å². The zero-order valence-electron chi connectivity index (χ0n) is 16.7. The quantitative estimate of drug-likeness (QED) is 0.743. The third kappa shape index (κ3) is 5.63. The molecule has 1 aliphatic heterocycles. The molecule has 2 N–H and O–H groups in total. The van der Waals surface area contributed by atoms with Crippen molar-refractivity contribution in [3.8, 4) is 0 Å². The minimum Gasteiger partial charge on any atom is -0.399 e. The van der Waals surface area contributed by atoms with Crippen LogP contribution in [0.2, 0.25) is 0 Å². The topological polar surface area (TPSA) is 49.6 Å². The summed E-state index contributed by atoms with van der Waals surface area (Å²) in [6.45, 7) is 7.47. The van der Waals surface area contributed by atoms with Gasteiger partial charge in [-0.1, -0.05) is 50.2 Å². The molecule has 0 saturated carbocycles. The maximum absolute atomic E-state index is 12.9. The van der Waals surface area contributed by atoms with E-state index < -0.39 is 0 Å². The molecule has 1 saturated heterocycles. The smallest absolute Gasteiger partial charge is 0.253 e. The normalized spacial score (nSPS) is 21.9. The van der Waals surface area contributed by atoms with Crippen LogP contribution in [-0.2, 0) is 6.54 Å². The number of amides is 1. The molecule has 154 valence electrons. The lowest BCUT2D eigenvalue weighted by Gasteiger charge is -2.45. The van der Waals surface area contributed by atoms with E-state index in [1.165, 1.54) is 5.56 Å². The van der Waals surface area contributed by atoms with Crippen molar-refractivity contribution < 1.29 is 4.79 Å². The van der Waals surface area contributed by atoms with Crippen LogP contribution in [0.3, 0.4) is 0 Å². The van der Waals surface area contributed by atoms with Crippen LogP contribution in [0.4, 0.5) is 5.69 Å². The number of nitrogens with zero attached hydrogens (tertiary/aromatic N) is 2. The Balaban J connectivity index is 0.00000196. The molecular formula is C22H31Cl2N3O. The van der Waals surface area contributed by atoms with Gasteiger partial charge in [-0.15, -0.1) is 24.8 Å². The summed E-state index contributed by atoms with van der Waals surface area (Å²) in [6, 6.07) is 18.1. The van der Waals surface area contributed by atoms with Crippen molar-refractivity contribution in [3.05, 3.63) is 65.7 Å². The number of nitrogen functional groups attached to an aromatic ring is 1. The van der Waals surface area contributed by atoms with Crippen molar-refractivity contribution in [1.29, 1.82) is 0 Å². The first-order chi connectivity index (χ1) is 12.5. The van der Waals surface area contributed by atoms with E-state index >= 15 is 0 Å². The Hall–Kier alpha value is -1.75. The Morgan fingerprint density at radius 2 is 1.64 bits per heavy atom. The van der Waals surface area contributed by atoms with Crippen molar-refractivity contribution >= 4 is 36.4 Å². The minimum absolute atomic E-state index is 0. The van der Waals surface area contributed by atoms with Gasteiger partial charge in [-0.25, -0.2) is 0 Å². The van der Waals surface area contributed by atoms with E-state index in [1.54, 1.807) is 6.07 Å². The highest BCUT2D eigenvalue weighted by molar-refractivity contribution is 5.95. The number of anilines is 1. The molecule has 1 heterocycles. The molecule has 0 radical (unpaired) electrons. The van der Waals surface area contributed by atoms with Gasteiger partial charge < -0.3 is 10.6 Å². The summed E-state index contributed by atoms with van der Waals surface area (Å²) in [7, 11) is 1.93. The predicted molar refractivity (Wildman–Crippen MR) is 121 cm³/mol. The molecule has 2 aromatic carbocycles. The first-order valence-corrected chi connectivity index (χ1v) is 9.34. The van der Waals surface area contributed by atoms with Crippen LogP contribution >= 0.6 is 24.8 Å². The SMILES string of the molecule is CC1CN(Cc2ccccc2)CC(C)C1N(C)C(=O)c1cccc(N)c1.Cl.Cl. The average molecular weight is 424 g/mol. The van der Waals surface area contributed by atoms with Crippen molar-refractivity contribution in [2.45, 2.75) is 26.4 Å². The Morgan fingerprint density at radius 1 is 1.04 bits per heavy atom. The standard InChI is InChI=1S/C22H29N3O.2ClH/c1-16-13-25(15-18-8-5-4-6-9-18)14-17(2)21(16)24(3)22(26)19-10-7-11-20(23)12-19;;/h4-12,16-17,21H,13-15,23H2,1-3H3;2*1H. The van der Waals surface area contributed by atoms with Gasteiger partial charge in [-0.05, 0) is 35.6 Å². The number of benzene rings is 2. The number of halogens is 2. The van der Waals surface area contributed by atoms with Crippen LogP contribution in [0.25, 0.3) is 0 Å². The lowest BCUT2D eigenvalue weighted by atomic mass is 9.84. The van der Waals surface area contributed by atoms with Gasteiger partial charge >= 0.3 is 0 Å². The summed E-state index contributed by atoms with van der Waals surface area (Å²) in [4.78, 5) is 17.3. The highest BCUT2D eigenvalue weighted by atomic mass is 35.5. The molecule has 6 heteroatoms. The average Bonchev–Trinajstić information content (AvgIpc) is 2.61. The summed E-state index contributed by atoms with van der Waals surface area (Å²) >= 11 is 0. The number of hydrogen-bond acceptors (Lipinski definition) is 3. The zero-order valence-corrected chi connectivity index (χ0v) is 18.4. The zero-order chi connectivity index (χ0) is 18.7. The minimum atomic E-state index is 0. The van der Waals surface area contributed by atoms with Crippen LogP contribution < -0.4 is 5.73 Å². The molecule has 2 atom stereocenters. The maximum atomic E-state index is 12.9. The first kappa shape index (κ1) is 24.3. The summed E-state index contributed by atoms with van der Waals surface area (Å²) in [5.41, 5.74) is 8.48. The van der Waals surface area contributed by atoms with Gasteiger partial charge in [0.1, 0.15) is 0 Å². The maximum Gasteiger partial charge on any atom is 0.253 e. The monoisotopic (exact) mass is 423 g/mol. The number of carbonyl (C=O) groups is 1. The molecule has 3 rings (SSSR count). The Morgan fingerprint density at radius 3 is 2.21 bits per heavy atom. The third-order valence-electron chi connectivity index (χ3n) is 5.41. The van der Waals surface area contributed by atoms with Crippen molar-refractivity contribution in [2.24, 2.45) is 11.8 Å². The first-order valence-electron chi connectivity index (χ1n) is 9.34. The molecule has 0 aromatic heterocycles. The van der Waals surface area contributed by atoms with E-state index in [1.807, 2.05) is 30.1 Å². The van der Waals surface area contributed by atoms with Gasteiger partial charge in [0.05, 0.1) is 0 Å². The van der Waals surface area contributed by atoms with E-state index in [9.17, 15) is 4.79 Å². The number of nitrogens with two attached hydrogens (primary N) is 1. The third-order valence-corrected chi connectivity index (χ3v) is 5.41. The fraction of sp³-hybridized carbons (Fsp3) is 0.409. The lowest BCUT2D eigenvalue weighted by molar-refractivity contribution is 0.0271. The molecule has 4 nitrogen and oxygen atoms in total. The fourth-order valence-electron chi connectivity index (χ4n) is 4.41. The lowest BCUT2D eigenvalue weighted by Crippen LogP contribution is -2.55. The predicted octanol–water partition coefficient (Wildman–Crippen LogP) is 4.34. The van der Waals surface area contributed by atoms with Crippen LogP contribution in [0, 0.1) is 11.8 Å². The van der Waals surface area contributed by atoms with Crippen LogP contribution in [0.15, 0.2) is 54.6 Å². The highest BCUT2D eigenvalue weighted by Crippen LogP contribution is 2.28. The van der Waals surface area contributed by atoms with E-state index in [2.05, 4.69) is 49.1 Å². The molecule has 2 unspecified atom stereocenters. The van der Waals surface area contributed by atoms with Crippen LogP contribution in [-0.4, -0.2) is 41.9 Å². The van der Waals surface area contributed by atoms with Crippen LogP contribution in [0.1, 0.15) is 29.8 Å². The van der Waals surface area contributed by atoms with Gasteiger partial charge in [0.25, 0.3) is 5.91 Å². The van der Waals surface area contributed by atoms with Crippen molar-refractivity contribution in [3.63, 3.8) is 0 Å². The molecule has 1 fully saturated rings. The molecule has 1 aliphatic rings. The summed E-state index contributed by atoms with van der Waals surface area (Å²) < 4.78 is 0. The second-order valence-corrected chi connectivity index (χ2v) is 7.67. The second-order valence-electron chi connectivity index (χ2n) is 7.67. The molecule has 0 aliphatic carbocycles. The van der Waals surface area contributed by atoms with Crippen LogP contribution in [0.5, 0.6) is 0 Å². The van der Waals surface area contributed by atoms with E-state index in [0.717, 1.165) is 19.6 Å². The van der Waals surface area contributed by atoms with Gasteiger partial charge in [0, 0.05) is 44.0 Å². The Labute approximate surface area is 180 Å². The molecule has 0 bridgehead atoms. The molecule has 2 aromatic rings. The van der Waals surface area contributed by atoms with Crippen molar-refractivity contribution in [1.82, 2.24) is 9.80 Å². The highest BCUT2D eigenvalue weighted by Gasteiger charge is 2.36. The molecule has 0 spiro atoms. The summed E-state index contributed by atoms with van der Waals surface area (Å²) in [6.07, 6.45) is 0. The number of hydrogen-bond donors (Lipinski definition) is 1. The van der Waals surface area contributed by atoms with Gasteiger partial charge in [0.2, 0.25) is 0 Å². The number of piperidine rings is 1. The Bertz CT molecular complexity index is 744. The molecule has 1 amide bonds. The fourth-order valence-corrected chi connectivity index (χ4v) is 4.41. The van der Waals surface area contributed by atoms with Gasteiger partial charge in [-0.2, -0.15) is 0 Å². The molecule has 28 heavy (non-hydrogen) atoms.